The fourth-order valence-corrected chi connectivity index (χ4v) is 2.89. The number of nitrogens with one attached hydrogen (secondary N) is 2. The van der Waals surface area contributed by atoms with Crippen LogP contribution in [0.15, 0.2) is 72.8 Å². The fourth-order valence-electron chi connectivity index (χ4n) is 2.89. The number of amides is 2. The summed E-state index contributed by atoms with van der Waals surface area (Å²) in [5, 5.41) is 5.67. The molecule has 0 spiro atoms. The zero-order valence-electron chi connectivity index (χ0n) is 17.8. The molecule has 0 saturated heterocycles. The molecular formula is C25H26N2O4. The quantitative estimate of drug-likeness (QED) is 0.545. The summed E-state index contributed by atoms with van der Waals surface area (Å²) < 4.78 is 10.8. The van der Waals surface area contributed by atoms with E-state index in [1.165, 1.54) is 5.56 Å². The highest BCUT2D eigenvalue weighted by atomic mass is 16.5. The summed E-state index contributed by atoms with van der Waals surface area (Å²) in [6, 6.07) is 21.5. The van der Waals surface area contributed by atoms with Crippen molar-refractivity contribution in [3.63, 3.8) is 0 Å². The Morgan fingerprint density at radius 1 is 0.806 bits per heavy atom. The Bertz CT molecular complexity index is 1010. The number of rotatable bonds is 8. The first kappa shape index (κ1) is 21.9. The first-order chi connectivity index (χ1) is 15.0. The maximum Gasteiger partial charge on any atom is 0.265 e. The lowest BCUT2D eigenvalue weighted by Crippen LogP contribution is -2.30. The van der Waals surface area contributed by atoms with E-state index >= 15 is 0 Å². The van der Waals surface area contributed by atoms with Gasteiger partial charge >= 0.3 is 0 Å². The number of methoxy groups -OCH3 is 1. The van der Waals surface area contributed by atoms with Gasteiger partial charge in [0.05, 0.1) is 7.11 Å². The topological polar surface area (TPSA) is 76.7 Å². The van der Waals surface area contributed by atoms with E-state index in [0.717, 1.165) is 17.9 Å². The molecule has 2 N–H and O–H groups in total. The Labute approximate surface area is 182 Å². The van der Waals surface area contributed by atoms with Crippen LogP contribution < -0.4 is 20.1 Å². The molecular weight excluding hydrogens is 392 g/mol. The van der Waals surface area contributed by atoms with E-state index < -0.39 is 6.10 Å². The number of benzene rings is 3. The molecule has 0 unspecified atom stereocenters. The second-order valence-corrected chi connectivity index (χ2v) is 7.01. The van der Waals surface area contributed by atoms with Crippen molar-refractivity contribution < 1.29 is 19.1 Å². The van der Waals surface area contributed by atoms with Gasteiger partial charge in [-0.25, -0.2) is 0 Å². The number of hydrogen-bond acceptors (Lipinski definition) is 4. The van der Waals surface area contributed by atoms with E-state index in [1.54, 1.807) is 62.6 Å². The third-order valence-electron chi connectivity index (χ3n) is 4.78. The van der Waals surface area contributed by atoms with Crippen LogP contribution in [0.2, 0.25) is 0 Å². The van der Waals surface area contributed by atoms with Crippen LogP contribution in [0.1, 0.15) is 29.8 Å². The van der Waals surface area contributed by atoms with E-state index in [9.17, 15) is 9.59 Å². The highest BCUT2D eigenvalue weighted by Gasteiger charge is 2.15. The summed E-state index contributed by atoms with van der Waals surface area (Å²) in [5.41, 5.74) is 3.08. The van der Waals surface area contributed by atoms with Crippen molar-refractivity contribution in [2.75, 3.05) is 17.7 Å². The van der Waals surface area contributed by atoms with Crippen LogP contribution in [0.25, 0.3) is 0 Å². The monoisotopic (exact) mass is 418 g/mol. The molecule has 0 bridgehead atoms. The fraction of sp³-hybridized carbons (Fsp3) is 0.200. The molecule has 0 aliphatic carbocycles. The zero-order chi connectivity index (χ0) is 22.2. The van der Waals surface area contributed by atoms with Gasteiger partial charge in [0.25, 0.3) is 11.8 Å². The van der Waals surface area contributed by atoms with Crippen LogP contribution in [0.3, 0.4) is 0 Å². The van der Waals surface area contributed by atoms with Crippen LogP contribution in [0, 0.1) is 0 Å². The first-order valence-corrected chi connectivity index (χ1v) is 10.1. The number of carbonyl (C=O) groups excluding carboxylic acids is 2. The maximum atomic E-state index is 12.4. The molecule has 0 radical (unpaired) electrons. The molecule has 6 heteroatoms. The number of aryl methyl sites for hydroxylation is 1. The molecule has 0 heterocycles. The average molecular weight is 418 g/mol. The normalized spacial score (nSPS) is 11.3. The summed E-state index contributed by atoms with van der Waals surface area (Å²) in [6.07, 6.45) is 0.256. The molecule has 0 aliphatic heterocycles. The average Bonchev–Trinajstić information content (AvgIpc) is 2.80. The van der Waals surface area contributed by atoms with Gasteiger partial charge in [0.15, 0.2) is 6.10 Å². The molecule has 0 saturated carbocycles. The summed E-state index contributed by atoms with van der Waals surface area (Å²) in [6.45, 7) is 3.76. The largest absolute Gasteiger partial charge is 0.497 e. The van der Waals surface area contributed by atoms with E-state index in [2.05, 4.69) is 17.6 Å². The van der Waals surface area contributed by atoms with E-state index in [1.807, 2.05) is 24.3 Å². The van der Waals surface area contributed by atoms with Gasteiger partial charge in [0, 0.05) is 16.9 Å². The highest BCUT2D eigenvalue weighted by molar-refractivity contribution is 6.04. The molecule has 3 aromatic rings. The van der Waals surface area contributed by atoms with Gasteiger partial charge in [-0.05, 0) is 79.6 Å². The van der Waals surface area contributed by atoms with Gasteiger partial charge in [-0.1, -0.05) is 19.1 Å². The van der Waals surface area contributed by atoms with Gasteiger partial charge < -0.3 is 20.1 Å². The molecule has 0 aromatic heterocycles. The molecule has 3 aromatic carbocycles. The van der Waals surface area contributed by atoms with Crippen LogP contribution in [0.5, 0.6) is 11.5 Å². The third-order valence-corrected chi connectivity index (χ3v) is 4.78. The van der Waals surface area contributed by atoms with Gasteiger partial charge in [-0.3, -0.25) is 9.59 Å². The van der Waals surface area contributed by atoms with Crippen LogP contribution in [0.4, 0.5) is 11.4 Å². The molecule has 0 fully saturated rings. The summed E-state index contributed by atoms with van der Waals surface area (Å²) in [4.78, 5) is 24.8. The van der Waals surface area contributed by atoms with E-state index in [0.29, 0.717) is 17.0 Å². The van der Waals surface area contributed by atoms with Crippen molar-refractivity contribution in [3.8, 4) is 11.5 Å². The number of anilines is 2. The lowest BCUT2D eigenvalue weighted by Gasteiger charge is -2.15. The molecule has 6 nitrogen and oxygen atoms in total. The van der Waals surface area contributed by atoms with Crippen molar-refractivity contribution in [3.05, 3.63) is 83.9 Å². The SMILES string of the molecule is CCc1ccc(NC(=O)[C@@H](C)Oc2ccc(C(=O)Nc3ccc(OC)cc3)cc2)cc1. The van der Waals surface area contributed by atoms with Crippen molar-refractivity contribution in [2.45, 2.75) is 26.4 Å². The van der Waals surface area contributed by atoms with Crippen molar-refractivity contribution in [2.24, 2.45) is 0 Å². The van der Waals surface area contributed by atoms with Crippen molar-refractivity contribution >= 4 is 23.2 Å². The zero-order valence-corrected chi connectivity index (χ0v) is 17.8. The molecule has 2 amide bonds. The van der Waals surface area contributed by atoms with Crippen molar-refractivity contribution in [1.29, 1.82) is 0 Å². The summed E-state index contributed by atoms with van der Waals surface area (Å²) in [5.74, 6) is 0.740. The Balaban J connectivity index is 1.54. The van der Waals surface area contributed by atoms with E-state index in [-0.39, 0.29) is 11.8 Å². The Morgan fingerprint density at radius 3 is 1.94 bits per heavy atom. The second kappa shape index (κ2) is 10.3. The molecule has 3 rings (SSSR count). The number of ether oxygens (including phenoxy) is 2. The first-order valence-electron chi connectivity index (χ1n) is 10.1. The predicted molar refractivity (Wildman–Crippen MR) is 122 cm³/mol. The van der Waals surface area contributed by atoms with Crippen LogP contribution in [-0.2, 0) is 11.2 Å². The second-order valence-electron chi connectivity index (χ2n) is 7.01. The van der Waals surface area contributed by atoms with Gasteiger partial charge in [-0.15, -0.1) is 0 Å². The maximum absolute atomic E-state index is 12.4. The Kier molecular flexibility index (Phi) is 7.27. The number of hydrogen-bond donors (Lipinski definition) is 2. The summed E-state index contributed by atoms with van der Waals surface area (Å²) in [7, 11) is 1.59. The molecule has 1 atom stereocenters. The van der Waals surface area contributed by atoms with Gasteiger partial charge in [-0.2, -0.15) is 0 Å². The minimum atomic E-state index is -0.690. The number of carbonyl (C=O) groups is 2. The van der Waals surface area contributed by atoms with Gasteiger partial charge in [0.2, 0.25) is 0 Å². The minimum absolute atomic E-state index is 0.238. The minimum Gasteiger partial charge on any atom is -0.497 e. The Morgan fingerprint density at radius 2 is 1.35 bits per heavy atom. The van der Waals surface area contributed by atoms with Gasteiger partial charge in [0.1, 0.15) is 11.5 Å². The molecule has 31 heavy (non-hydrogen) atoms. The third kappa shape index (κ3) is 6.09. The lowest BCUT2D eigenvalue weighted by molar-refractivity contribution is -0.122. The standard InChI is InChI=1S/C25H26N2O4/c1-4-18-5-9-20(10-6-18)26-24(28)17(2)31-23-13-7-19(8-14-23)25(29)27-21-11-15-22(30-3)16-12-21/h5-17H,4H2,1-3H3,(H,26,28)(H,27,29)/t17-/m1/s1. The van der Waals surface area contributed by atoms with Crippen LogP contribution >= 0.6 is 0 Å². The lowest BCUT2D eigenvalue weighted by atomic mass is 10.1. The molecule has 0 aliphatic rings. The van der Waals surface area contributed by atoms with Crippen LogP contribution in [-0.4, -0.2) is 25.0 Å². The highest BCUT2D eigenvalue weighted by Crippen LogP contribution is 2.18. The molecule has 160 valence electrons. The predicted octanol–water partition coefficient (Wildman–Crippen LogP) is 4.92. The smallest absolute Gasteiger partial charge is 0.265 e. The van der Waals surface area contributed by atoms with Crippen molar-refractivity contribution in [1.82, 2.24) is 0 Å². The summed E-state index contributed by atoms with van der Waals surface area (Å²) >= 11 is 0. The van der Waals surface area contributed by atoms with E-state index in [4.69, 9.17) is 9.47 Å². The Hall–Kier alpha value is -3.80.